The van der Waals surface area contributed by atoms with Gasteiger partial charge in [0.15, 0.2) is 0 Å². The van der Waals surface area contributed by atoms with Crippen LogP contribution in [0.1, 0.15) is 66.7 Å². The predicted octanol–water partition coefficient (Wildman–Crippen LogP) is 7.69. The minimum Gasteiger partial charge on any atom is -0.332 e. The van der Waals surface area contributed by atoms with Crippen molar-refractivity contribution in [2.75, 3.05) is 18.4 Å². The molecule has 0 aliphatic heterocycles. The number of hydrogen-bond acceptors (Lipinski definition) is 3. The van der Waals surface area contributed by atoms with E-state index in [0.717, 1.165) is 32.8 Å². The lowest BCUT2D eigenvalue weighted by atomic mass is 9.93. The van der Waals surface area contributed by atoms with E-state index in [-0.39, 0.29) is 42.7 Å². The van der Waals surface area contributed by atoms with Crippen molar-refractivity contribution in [2.24, 2.45) is 0 Å². The van der Waals surface area contributed by atoms with Gasteiger partial charge in [0.1, 0.15) is 12.4 Å². The Morgan fingerprint density at radius 1 is 0.974 bits per heavy atom. The van der Waals surface area contributed by atoms with Crippen molar-refractivity contribution in [3.63, 3.8) is 0 Å². The topological polar surface area (TPSA) is 52.7 Å². The van der Waals surface area contributed by atoms with E-state index >= 15 is 0 Å². The highest BCUT2D eigenvalue weighted by Crippen LogP contribution is 2.32. The number of carbonyl (C=O) groups is 2. The fourth-order valence-corrected chi connectivity index (χ4v) is 5.22. The van der Waals surface area contributed by atoms with Gasteiger partial charge in [0, 0.05) is 23.7 Å². The van der Waals surface area contributed by atoms with Gasteiger partial charge in [-0.2, -0.15) is 0 Å². The van der Waals surface area contributed by atoms with Crippen LogP contribution < -0.4 is 5.32 Å². The maximum absolute atomic E-state index is 13.6. The minimum atomic E-state index is -0.345. The summed E-state index contributed by atoms with van der Waals surface area (Å²) in [5, 5.41) is 5.11. The number of halogens is 1. The molecule has 0 fully saturated rings. The van der Waals surface area contributed by atoms with Gasteiger partial charge in [-0.15, -0.1) is 17.9 Å². The SMILES string of the molecule is C=CCN(CC(=O)N(Cc1ccc(F)cc1)Cc1sccc1C)C(=O)Nc1c(C(C)C)cccc1C(C)C. The van der Waals surface area contributed by atoms with Crippen molar-refractivity contribution >= 4 is 29.0 Å². The highest BCUT2D eigenvalue weighted by molar-refractivity contribution is 7.10. The lowest BCUT2D eigenvalue weighted by Crippen LogP contribution is -2.44. The van der Waals surface area contributed by atoms with Gasteiger partial charge in [-0.25, -0.2) is 9.18 Å². The van der Waals surface area contributed by atoms with Gasteiger partial charge in [0.25, 0.3) is 0 Å². The van der Waals surface area contributed by atoms with E-state index in [1.807, 2.05) is 36.6 Å². The molecule has 0 spiro atoms. The Kier molecular flexibility index (Phi) is 10.2. The number of carbonyl (C=O) groups excluding carboxylic acids is 2. The van der Waals surface area contributed by atoms with Crippen LogP contribution in [0.5, 0.6) is 0 Å². The third kappa shape index (κ3) is 7.54. The van der Waals surface area contributed by atoms with Crippen LogP contribution in [0.3, 0.4) is 0 Å². The average Bonchev–Trinajstić information content (AvgIpc) is 3.28. The maximum atomic E-state index is 13.6. The summed E-state index contributed by atoms with van der Waals surface area (Å²) in [6.45, 7) is 15.0. The highest BCUT2D eigenvalue weighted by atomic mass is 32.1. The summed E-state index contributed by atoms with van der Waals surface area (Å²) in [5.41, 5.74) is 4.85. The Bertz CT molecular complexity index is 1220. The Labute approximate surface area is 230 Å². The molecule has 3 rings (SSSR count). The Morgan fingerprint density at radius 2 is 1.61 bits per heavy atom. The van der Waals surface area contributed by atoms with E-state index in [1.165, 1.54) is 17.0 Å². The monoisotopic (exact) mass is 535 g/mol. The van der Waals surface area contributed by atoms with Crippen molar-refractivity contribution in [1.82, 2.24) is 9.80 Å². The number of rotatable bonds is 11. The molecule has 1 N–H and O–H groups in total. The fourth-order valence-electron chi connectivity index (χ4n) is 4.30. The van der Waals surface area contributed by atoms with Crippen LogP contribution in [0.4, 0.5) is 14.9 Å². The van der Waals surface area contributed by atoms with E-state index in [0.29, 0.717) is 13.1 Å². The van der Waals surface area contributed by atoms with Crippen LogP contribution in [-0.4, -0.2) is 34.8 Å². The fraction of sp³-hybridized carbons (Fsp3) is 0.355. The Morgan fingerprint density at radius 3 is 2.13 bits per heavy atom. The van der Waals surface area contributed by atoms with Gasteiger partial charge >= 0.3 is 6.03 Å². The van der Waals surface area contributed by atoms with Crippen molar-refractivity contribution in [3.8, 4) is 0 Å². The number of anilines is 1. The molecule has 0 saturated heterocycles. The Balaban J connectivity index is 1.85. The van der Waals surface area contributed by atoms with Gasteiger partial charge in [0.2, 0.25) is 5.91 Å². The molecular weight excluding hydrogens is 497 g/mol. The van der Waals surface area contributed by atoms with E-state index < -0.39 is 0 Å². The molecule has 1 heterocycles. The number of para-hydroxylation sites is 1. The second-order valence-electron chi connectivity index (χ2n) is 10.1. The first kappa shape index (κ1) is 29.1. The standard InChI is InChI=1S/C31H38FN3O2S/c1-7-16-34(31(37)33-30-26(21(2)3)9-8-10-27(30)22(4)5)20-29(36)35(19-28-23(6)15-17-38-28)18-24-11-13-25(32)14-12-24/h7-15,17,21-22H,1,16,18-20H2,2-6H3,(H,33,37). The molecule has 3 aromatic rings. The lowest BCUT2D eigenvalue weighted by molar-refractivity contribution is -0.132. The largest absolute Gasteiger partial charge is 0.332 e. The zero-order valence-electron chi connectivity index (χ0n) is 23.0. The zero-order chi connectivity index (χ0) is 27.8. The van der Waals surface area contributed by atoms with Crippen molar-refractivity contribution in [1.29, 1.82) is 0 Å². The quantitative estimate of drug-likeness (QED) is 0.256. The summed E-state index contributed by atoms with van der Waals surface area (Å²) in [5.74, 6) is -0.0743. The molecule has 0 aliphatic carbocycles. The van der Waals surface area contributed by atoms with Gasteiger partial charge in [-0.05, 0) is 64.6 Å². The summed E-state index contributed by atoms with van der Waals surface area (Å²) < 4.78 is 13.5. The Hall–Kier alpha value is -3.45. The summed E-state index contributed by atoms with van der Waals surface area (Å²) in [6, 6.07) is 13.9. The second kappa shape index (κ2) is 13.4. The van der Waals surface area contributed by atoms with Crippen LogP contribution in [0, 0.1) is 12.7 Å². The molecule has 2 aromatic carbocycles. The first-order valence-electron chi connectivity index (χ1n) is 13.0. The molecule has 38 heavy (non-hydrogen) atoms. The zero-order valence-corrected chi connectivity index (χ0v) is 23.8. The molecular formula is C31H38FN3O2S. The molecule has 1 aromatic heterocycles. The molecule has 3 amide bonds. The number of benzene rings is 2. The molecule has 7 heteroatoms. The number of nitrogens with one attached hydrogen (secondary N) is 1. The normalized spacial score (nSPS) is 11.1. The van der Waals surface area contributed by atoms with Crippen molar-refractivity contribution in [2.45, 2.75) is 59.5 Å². The molecule has 0 atom stereocenters. The maximum Gasteiger partial charge on any atom is 0.322 e. The van der Waals surface area contributed by atoms with Crippen molar-refractivity contribution < 1.29 is 14.0 Å². The lowest BCUT2D eigenvalue weighted by Gasteiger charge is -2.28. The number of urea groups is 1. The first-order chi connectivity index (χ1) is 18.1. The van der Waals surface area contributed by atoms with Crippen LogP contribution in [0.25, 0.3) is 0 Å². The smallest absolute Gasteiger partial charge is 0.322 e. The first-order valence-corrected chi connectivity index (χ1v) is 13.8. The number of aryl methyl sites for hydroxylation is 1. The predicted molar refractivity (Wildman–Crippen MR) is 155 cm³/mol. The van der Waals surface area contributed by atoms with Crippen LogP contribution >= 0.6 is 11.3 Å². The van der Waals surface area contributed by atoms with Gasteiger partial charge in [0.05, 0.1) is 6.54 Å². The van der Waals surface area contributed by atoms with Gasteiger partial charge in [-0.1, -0.05) is 64.1 Å². The summed E-state index contributed by atoms with van der Waals surface area (Å²) in [6.07, 6.45) is 1.62. The molecule has 202 valence electrons. The molecule has 0 aliphatic rings. The summed E-state index contributed by atoms with van der Waals surface area (Å²) in [4.78, 5) is 31.5. The second-order valence-corrected chi connectivity index (χ2v) is 11.1. The number of amides is 3. The number of thiophene rings is 1. The van der Waals surface area contributed by atoms with Gasteiger partial charge in [-0.3, -0.25) is 4.79 Å². The molecule has 5 nitrogen and oxygen atoms in total. The van der Waals surface area contributed by atoms with E-state index in [4.69, 9.17) is 0 Å². The third-order valence-corrected chi connectivity index (χ3v) is 7.52. The van der Waals surface area contributed by atoms with E-state index in [9.17, 15) is 14.0 Å². The average molecular weight is 536 g/mol. The summed E-state index contributed by atoms with van der Waals surface area (Å²) in [7, 11) is 0. The molecule has 0 unspecified atom stereocenters. The number of hydrogen-bond donors (Lipinski definition) is 1. The summed E-state index contributed by atoms with van der Waals surface area (Å²) >= 11 is 1.59. The highest BCUT2D eigenvalue weighted by Gasteiger charge is 2.24. The number of nitrogens with zero attached hydrogens (tertiary/aromatic N) is 2. The van der Waals surface area contributed by atoms with Crippen LogP contribution in [-0.2, 0) is 17.9 Å². The van der Waals surface area contributed by atoms with Gasteiger partial charge < -0.3 is 15.1 Å². The van der Waals surface area contributed by atoms with E-state index in [1.54, 1.807) is 34.4 Å². The molecule has 0 bridgehead atoms. The van der Waals surface area contributed by atoms with Crippen LogP contribution in [0.2, 0.25) is 0 Å². The van der Waals surface area contributed by atoms with E-state index in [2.05, 4.69) is 39.6 Å². The molecule has 0 saturated carbocycles. The minimum absolute atomic E-state index is 0.107. The third-order valence-electron chi connectivity index (χ3n) is 6.51. The molecule has 0 radical (unpaired) electrons. The van der Waals surface area contributed by atoms with Crippen LogP contribution in [0.15, 0.2) is 66.6 Å². The van der Waals surface area contributed by atoms with Crippen molar-refractivity contribution in [3.05, 3.63) is 99.5 Å².